The molecule has 3 rings (SSSR count). The first kappa shape index (κ1) is 15.8. The lowest BCUT2D eigenvalue weighted by atomic mass is 10.1. The lowest BCUT2D eigenvalue weighted by Gasteiger charge is -2.21. The van der Waals surface area contributed by atoms with E-state index in [9.17, 15) is 4.79 Å². The van der Waals surface area contributed by atoms with Crippen LogP contribution in [0.4, 0.5) is 11.5 Å². The molecule has 2 aromatic rings. The van der Waals surface area contributed by atoms with Crippen LogP contribution in [0.1, 0.15) is 34.5 Å². The summed E-state index contributed by atoms with van der Waals surface area (Å²) in [5.41, 5.74) is 7.67. The monoisotopic (exact) mass is 330 g/mol. The van der Waals surface area contributed by atoms with E-state index in [1.165, 1.54) is 11.3 Å². The van der Waals surface area contributed by atoms with Crippen molar-refractivity contribution in [2.24, 2.45) is 0 Å². The zero-order chi connectivity index (χ0) is 16.2. The average Bonchev–Trinajstić information content (AvgIpc) is 2.84. The van der Waals surface area contributed by atoms with Gasteiger partial charge in [-0.3, -0.25) is 4.79 Å². The topological polar surface area (TPSA) is 71.2 Å². The first-order valence-electron chi connectivity index (χ1n) is 7.95. The lowest BCUT2D eigenvalue weighted by molar-refractivity contribution is 0.0765. The Morgan fingerprint density at radius 2 is 2.22 bits per heavy atom. The number of hydrogen-bond donors (Lipinski definition) is 2. The maximum absolute atomic E-state index is 12.6. The van der Waals surface area contributed by atoms with E-state index in [0.717, 1.165) is 48.5 Å². The first-order valence-corrected chi connectivity index (χ1v) is 8.83. The minimum absolute atomic E-state index is 0.173. The number of amides is 1. The predicted octanol–water partition coefficient (Wildman–Crippen LogP) is 3.14. The Morgan fingerprint density at radius 3 is 2.91 bits per heavy atom. The molecule has 1 saturated heterocycles. The summed E-state index contributed by atoms with van der Waals surface area (Å²) in [6, 6.07) is 6.12. The van der Waals surface area contributed by atoms with Crippen molar-refractivity contribution in [3.05, 3.63) is 40.2 Å². The van der Waals surface area contributed by atoms with Crippen LogP contribution in [0.25, 0.3) is 0 Å². The molecule has 0 spiro atoms. The van der Waals surface area contributed by atoms with Crippen LogP contribution in [-0.2, 0) is 0 Å². The maximum Gasteiger partial charge on any atom is 0.264 e. The molecule has 1 aliphatic rings. The number of thiophene rings is 1. The second-order valence-electron chi connectivity index (χ2n) is 5.97. The van der Waals surface area contributed by atoms with E-state index < -0.39 is 0 Å². The van der Waals surface area contributed by atoms with Crippen molar-refractivity contribution in [2.45, 2.75) is 32.2 Å². The van der Waals surface area contributed by atoms with E-state index in [4.69, 9.17) is 5.73 Å². The van der Waals surface area contributed by atoms with Gasteiger partial charge in [-0.1, -0.05) is 0 Å². The molecule has 1 amide bonds. The molecule has 1 aliphatic heterocycles. The van der Waals surface area contributed by atoms with Crippen molar-refractivity contribution in [3.8, 4) is 0 Å². The second-order valence-corrected chi connectivity index (χ2v) is 6.88. The highest BCUT2D eigenvalue weighted by Crippen LogP contribution is 2.22. The molecule has 3 N–H and O–H groups in total. The SMILES string of the molecule is Cc1ccsc1C(=O)N1CCC[C@@H](Nc2ccc(N)nc2)CC1. The fourth-order valence-electron chi connectivity index (χ4n) is 2.91. The lowest BCUT2D eigenvalue weighted by Crippen LogP contribution is -2.32. The largest absolute Gasteiger partial charge is 0.384 e. The highest BCUT2D eigenvalue weighted by atomic mass is 32.1. The molecule has 2 aromatic heterocycles. The average molecular weight is 330 g/mol. The molecular formula is C17H22N4OS. The number of nitrogens with zero attached hydrogens (tertiary/aromatic N) is 2. The van der Waals surface area contributed by atoms with Gasteiger partial charge in [0.2, 0.25) is 0 Å². The van der Waals surface area contributed by atoms with Gasteiger partial charge < -0.3 is 16.0 Å². The summed E-state index contributed by atoms with van der Waals surface area (Å²) in [5, 5.41) is 5.49. The number of anilines is 2. The van der Waals surface area contributed by atoms with Crippen molar-refractivity contribution in [1.29, 1.82) is 0 Å². The number of nitrogens with two attached hydrogens (primary N) is 1. The van der Waals surface area contributed by atoms with Gasteiger partial charge in [0.15, 0.2) is 0 Å². The molecule has 1 atom stereocenters. The third-order valence-electron chi connectivity index (χ3n) is 4.23. The third-order valence-corrected chi connectivity index (χ3v) is 5.23. The van der Waals surface area contributed by atoms with E-state index in [0.29, 0.717) is 11.9 Å². The molecule has 0 radical (unpaired) electrons. The molecular weight excluding hydrogens is 308 g/mol. The van der Waals surface area contributed by atoms with Crippen molar-refractivity contribution < 1.29 is 4.79 Å². The Morgan fingerprint density at radius 1 is 1.35 bits per heavy atom. The van der Waals surface area contributed by atoms with Gasteiger partial charge in [-0.15, -0.1) is 11.3 Å². The molecule has 0 aromatic carbocycles. The van der Waals surface area contributed by atoms with Crippen LogP contribution in [0.5, 0.6) is 0 Å². The first-order chi connectivity index (χ1) is 11.1. The summed E-state index contributed by atoms with van der Waals surface area (Å²) in [6.45, 7) is 3.62. The summed E-state index contributed by atoms with van der Waals surface area (Å²) < 4.78 is 0. The number of likely N-dealkylation sites (tertiary alicyclic amines) is 1. The van der Waals surface area contributed by atoms with Gasteiger partial charge in [0.25, 0.3) is 5.91 Å². The number of pyridine rings is 1. The molecule has 23 heavy (non-hydrogen) atoms. The third kappa shape index (κ3) is 3.82. The summed E-state index contributed by atoms with van der Waals surface area (Å²) in [7, 11) is 0. The van der Waals surface area contributed by atoms with Crippen LogP contribution in [-0.4, -0.2) is 34.9 Å². The molecule has 1 fully saturated rings. The standard InChI is InChI=1S/C17H22N4OS/c1-12-7-10-23-16(12)17(22)21-8-2-3-13(6-9-21)20-14-4-5-15(18)19-11-14/h4-5,7,10-11,13,20H,2-3,6,8-9H2,1H3,(H2,18,19)/t13-/m1/s1. The van der Waals surface area contributed by atoms with Crippen LogP contribution in [0.2, 0.25) is 0 Å². The number of hydrogen-bond acceptors (Lipinski definition) is 5. The van der Waals surface area contributed by atoms with Gasteiger partial charge in [0, 0.05) is 19.1 Å². The van der Waals surface area contributed by atoms with Crippen molar-refractivity contribution in [1.82, 2.24) is 9.88 Å². The molecule has 0 saturated carbocycles. The van der Waals surface area contributed by atoms with Gasteiger partial charge in [0.1, 0.15) is 5.82 Å². The number of carbonyl (C=O) groups excluding carboxylic acids is 1. The summed E-state index contributed by atoms with van der Waals surface area (Å²) >= 11 is 1.54. The smallest absolute Gasteiger partial charge is 0.264 e. The molecule has 5 nitrogen and oxygen atoms in total. The highest BCUT2D eigenvalue weighted by molar-refractivity contribution is 7.12. The zero-order valence-electron chi connectivity index (χ0n) is 13.3. The van der Waals surface area contributed by atoms with E-state index >= 15 is 0 Å². The normalized spacial score (nSPS) is 18.5. The van der Waals surface area contributed by atoms with Crippen LogP contribution >= 0.6 is 11.3 Å². The Balaban J connectivity index is 1.60. The quantitative estimate of drug-likeness (QED) is 0.907. The van der Waals surface area contributed by atoms with Gasteiger partial charge >= 0.3 is 0 Å². The Kier molecular flexibility index (Phi) is 4.81. The Hall–Kier alpha value is -2.08. The van der Waals surface area contributed by atoms with Crippen LogP contribution < -0.4 is 11.1 Å². The summed E-state index contributed by atoms with van der Waals surface area (Å²) in [4.78, 5) is 19.6. The molecule has 6 heteroatoms. The van der Waals surface area contributed by atoms with Crippen molar-refractivity contribution in [3.63, 3.8) is 0 Å². The minimum Gasteiger partial charge on any atom is -0.384 e. The van der Waals surface area contributed by atoms with Gasteiger partial charge in [-0.25, -0.2) is 4.98 Å². The van der Waals surface area contributed by atoms with E-state index in [2.05, 4.69) is 10.3 Å². The molecule has 122 valence electrons. The highest BCUT2D eigenvalue weighted by Gasteiger charge is 2.23. The summed E-state index contributed by atoms with van der Waals surface area (Å²) in [6.07, 6.45) is 4.77. The number of rotatable bonds is 3. The number of carbonyl (C=O) groups is 1. The molecule has 3 heterocycles. The number of aromatic nitrogens is 1. The second kappa shape index (κ2) is 7.00. The Bertz CT molecular complexity index is 667. The molecule has 0 aliphatic carbocycles. The number of aryl methyl sites for hydroxylation is 1. The van der Waals surface area contributed by atoms with E-state index in [1.807, 2.05) is 29.3 Å². The van der Waals surface area contributed by atoms with Crippen LogP contribution in [0.15, 0.2) is 29.8 Å². The summed E-state index contributed by atoms with van der Waals surface area (Å²) in [5.74, 6) is 0.701. The van der Waals surface area contributed by atoms with Crippen molar-refractivity contribution in [2.75, 3.05) is 24.1 Å². The van der Waals surface area contributed by atoms with Crippen LogP contribution in [0.3, 0.4) is 0 Å². The van der Waals surface area contributed by atoms with Gasteiger partial charge in [0.05, 0.1) is 16.8 Å². The zero-order valence-corrected chi connectivity index (χ0v) is 14.1. The maximum atomic E-state index is 12.6. The molecule has 0 bridgehead atoms. The van der Waals surface area contributed by atoms with Crippen LogP contribution in [0, 0.1) is 6.92 Å². The Labute approximate surface area is 140 Å². The number of nitrogens with one attached hydrogen (secondary N) is 1. The predicted molar refractivity (Wildman–Crippen MR) is 94.9 cm³/mol. The number of nitrogen functional groups attached to an aromatic ring is 1. The van der Waals surface area contributed by atoms with E-state index in [-0.39, 0.29) is 5.91 Å². The minimum atomic E-state index is 0.173. The fraction of sp³-hybridized carbons (Fsp3) is 0.412. The molecule has 0 unspecified atom stereocenters. The van der Waals surface area contributed by atoms with Gasteiger partial charge in [-0.05, 0) is 55.3 Å². The van der Waals surface area contributed by atoms with Crippen molar-refractivity contribution >= 4 is 28.7 Å². The van der Waals surface area contributed by atoms with E-state index in [1.54, 1.807) is 12.3 Å². The van der Waals surface area contributed by atoms with Gasteiger partial charge in [-0.2, -0.15) is 0 Å². The fourth-order valence-corrected chi connectivity index (χ4v) is 3.80.